The van der Waals surface area contributed by atoms with Crippen molar-refractivity contribution in [3.05, 3.63) is 34.4 Å². The van der Waals surface area contributed by atoms with Gasteiger partial charge in [0.05, 0.1) is 18.0 Å². The first kappa shape index (κ1) is 23.0. The fourth-order valence-corrected chi connectivity index (χ4v) is 4.14. The van der Waals surface area contributed by atoms with Gasteiger partial charge in [0.2, 0.25) is 0 Å². The summed E-state index contributed by atoms with van der Waals surface area (Å²) in [7, 11) is -3.90. The van der Waals surface area contributed by atoms with Crippen LogP contribution in [0, 0.1) is 15.5 Å². The van der Waals surface area contributed by atoms with Crippen LogP contribution >= 0.6 is 8.17 Å². The van der Waals surface area contributed by atoms with E-state index in [9.17, 15) is 24.6 Å². The van der Waals surface area contributed by atoms with Crippen molar-refractivity contribution in [3.8, 4) is 5.75 Å². The number of carbonyl (C=O) groups is 2. The van der Waals surface area contributed by atoms with Gasteiger partial charge in [-0.3, -0.25) is 24.2 Å². The molecule has 1 amide bonds. The Balaban J connectivity index is 2.01. The molecule has 0 aromatic heterocycles. The lowest BCUT2D eigenvalue weighted by atomic mass is 9.87. The van der Waals surface area contributed by atoms with E-state index < -0.39 is 36.5 Å². The van der Waals surface area contributed by atoms with Crippen LogP contribution < -0.4 is 9.84 Å². The summed E-state index contributed by atoms with van der Waals surface area (Å²) in [6.45, 7) is 5.40. The summed E-state index contributed by atoms with van der Waals surface area (Å²) in [6, 6.07) is 4.98. The topological polar surface area (TPSA) is 146 Å². The molecule has 1 aliphatic rings. The number of nitrogens with one attached hydrogen (secondary N) is 1. The first-order valence-electron chi connectivity index (χ1n) is 8.88. The largest absolute Gasteiger partial charge is 0.619 e. The zero-order chi connectivity index (χ0) is 21.7. The van der Waals surface area contributed by atoms with Crippen LogP contribution in [0.4, 0.5) is 5.69 Å². The molecule has 160 valence electrons. The summed E-state index contributed by atoms with van der Waals surface area (Å²) >= 11 is 0. The molecule has 0 bridgehead atoms. The molecule has 1 aliphatic heterocycles. The molecule has 11 nitrogen and oxygen atoms in total. The number of rotatable bonds is 8. The van der Waals surface area contributed by atoms with Crippen molar-refractivity contribution >= 4 is 25.7 Å². The fraction of sp³-hybridized carbons (Fsp3) is 0.529. The predicted octanol–water partition coefficient (Wildman–Crippen LogP) is 2.15. The monoisotopic (exact) mass is 431 g/mol. The highest BCUT2D eigenvalue weighted by Gasteiger charge is 2.60. The maximum atomic E-state index is 12.5. The summed E-state index contributed by atoms with van der Waals surface area (Å²) in [5, 5.41) is 13.3. The average molecular weight is 431 g/mol. The third-order valence-electron chi connectivity index (χ3n) is 3.99. The van der Waals surface area contributed by atoms with Crippen LogP contribution in [0.3, 0.4) is 0 Å². The Labute approximate surface area is 168 Å². The second-order valence-corrected chi connectivity index (χ2v) is 8.49. The van der Waals surface area contributed by atoms with Crippen molar-refractivity contribution < 1.29 is 37.7 Å². The summed E-state index contributed by atoms with van der Waals surface area (Å²) in [5.74, 6) is -0.883. The Kier molecular flexibility index (Phi) is 7.48. The normalized spacial score (nSPS) is 23.1. The van der Waals surface area contributed by atoms with E-state index >= 15 is 0 Å². The summed E-state index contributed by atoms with van der Waals surface area (Å²) in [6.07, 6.45) is -1.10. The molecule has 1 aromatic rings. The molecule has 1 saturated heterocycles. The van der Waals surface area contributed by atoms with Gasteiger partial charge in [0.25, 0.3) is 11.6 Å². The molecule has 1 aromatic carbocycles. The molecular formula is C17H24N2O9P+. The molecule has 12 heteroatoms. The SMILES string of the molecule is CCOC(=O)CCNC(=O)[C@@H]1O[P+](O)(Oc2ccc([N+](=O)[O-])cc2)OCC1(C)C. The molecule has 1 heterocycles. The number of amides is 1. The molecular weight excluding hydrogens is 407 g/mol. The quantitative estimate of drug-likeness (QED) is 0.273. The lowest BCUT2D eigenvalue weighted by Crippen LogP contribution is -2.51. The van der Waals surface area contributed by atoms with Gasteiger partial charge in [-0.2, -0.15) is 4.89 Å². The minimum Gasteiger partial charge on any atom is -0.466 e. The van der Waals surface area contributed by atoms with Gasteiger partial charge < -0.3 is 10.1 Å². The van der Waals surface area contributed by atoms with Gasteiger partial charge in [-0.25, -0.2) is 0 Å². The minimum atomic E-state index is -3.90. The molecule has 1 fully saturated rings. The number of carbonyl (C=O) groups excluding carboxylic acids is 2. The number of hydrogen-bond acceptors (Lipinski definition) is 9. The standard InChI is InChI=1S/C17H23N2O9P/c1-4-25-14(20)9-10-18-16(21)15-17(2,3)11-26-29(24,28-15)27-13-7-5-12(6-8-13)19(22)23/h5-8,15,24H,4,9-11H2,1-3H3/p+1/t15-,29?/m0/s1. The molecule has 1 unspecified atom stereocenters. The van der Waals surface area contributed by atoms with E-state index in [1.807, 2.05) is 0 Å². The Morgan fingerprint density at radius 3 is 2.62 bits per heavy atom. The molecule has 0 spiro atoms. The van der Waals surface area contributed by atoms with Crippen molar-refractivity contribution in [1.82, 2.24) is 5.32 Å². The van der Waals surface area contributed by atoms with Crippen LogP contribution in [0.15, 0.2) is 24.3 Å². The Hall–Kier alpha value is -2.33. The van der Waals surface area contributed by atoms with Crippen molar-refractivity contribution in [2.75, 3.05) is 19.8 Å². The van der Waals surface area contributed by atoms with E-state index in [-0.39, 0.29) is 37.6 Å². The number of ether oxygens (including phenoxy) is 1. The number of nitro groups is 1. The fourth-order valence-electron chi connectivity index (χ4n) is 2.46. The average Bonchev–Trinajstić information content (AvgIpc) is 2.64. The van der Waals surface area contributed by atoms with Crippen LogP contribution in [0.2, 0.25) is 0 Å². The van der Waals surface area contributed by atoms with Gasteiger partial charge in [-0.1, -0.05) is 13.8 Å². The van der Waals surface area contributed by atoms with Crippen LogP contribution in [-0.2, 0) is 23.4 Å². The van der Waals surface area contributed by atoms with E-state index in [0.29, 0.717) is 0 Å². The third-order valence-corrected chi connectivity index (χ3v) is 5.36. The van der Waals surface area contributed by atoms with E-state index in [0.717, 1.165) is 0 Å². The van der Waals surface area contributed by atoms with Crippen molar-refractivity contribution in [3.63, 3.8) is 0 Å². The highest BCUT2D eigenvalue weighted by molar-refractivity contribution is 7.56. The highest BCUT2D eigenvalue weighted by atomic mass is 31.2. The Morgan fingerprint density at radius 2 is 2.03 bits per heavy atom. The molecule has 0 aliphatic carbocycles. The van der Waals surface area contributed by atoms with E-state index in [1.165, 1.54) is 24.3 Å². The van der Waals surface area contributed by atoms with Crippen molar-refractivity contribution in [2.45, 2.75) is 33.3 Å². The van der Waals surface area contributed by atoms with Gasteiger partial charge in [0.1, 0.15) is 6.61 Å². The van der Waals surface area contributed by atoms with E-state index in [1.54, 1.807) is 20.8 Å². The number of nitrogens with zero attached hydrogens (tertiary/aromatic N) is 1. The molecule has 0 radical (unpaired) electrons. The number of esters is 1. The van der Waals surface area contributed by atoms with Gasteiger partial charge in [-0.15, -0.1) is 9.05 Å². The number of non-ortho nitro benzene ring substituents is 1. The molecule has 2 rings (SSSR count). The molecule has 2 atom stereocenters. The molecule has 29 heavy (non-hydrogen) atoms. The molecule has 2 N–H and O–H groups in total. The van der Waals surface area contributed by atoms with Crippen LogP contribution in [0.1, 0.15) is 27.2 Å². The lowest BCUT2D eigenvalue weighted by Gasteiger charge is -2.36. The van der Waals surface area contributed by atoms with Crippen LogP contribution in [-0.4, -0.2) is 47.6 Å². The lowest BCUT2D eigenvalue weighted by molar-refractivity contribution is -0.384. The summed E-state index contributed by atoms with van der Waals surface area (Å²) in [5.41, 5.74) is -0.924. The van der Waals surface area contributed by atoms with Gasteiger partial charge in [0.15, 0.2) is 11.9 Å². The van der Waals surface area contributed by atoms with E-state index in [2.05, 4.69) is 5.32 Å². The third kappa shape index (κ3) is 6.33. The van der Waals surface area contributed by atoms with Crippen LogP contribution in [0.25, 0.3) is 0 Å². The minimum absolute atomic E-state index is 0.00192. The Morgan fingerprint density at radius 1 is 1.38 bits per heavy atom. The van der Waals surface area contributed by atoms with Crippen molar-refractivity contribution in [1.29, 1.82) is 0 Å². The first-order chi connectivity index (χ1) is 13.6. The maximum Gasteiger partial charge on any atom is 0.619 e. The second-order valence-electron chi connectivity index (χ2n) is 6.90. The second kappa shape index (κ2) is 9.45. The summed E-state index contributed by atoms with van der Waals surface area (Å²) in [4.78, 5) is 44.7. The van der Waals surface area contributed by atoms with Gasteiger partial charge in [0, 0.05) is 24.1 Å². The van der Waals surface area contributed by atoms with Gasteiger partial charge >= 0.3 is 14.1 Å². The maximum absolute atomic E-state index is 12.5. The van der Waals surface area contributed by atoms with Gasteiger partial charge in [-0.05, 0) is 19.1 Å². The van der Waals surface area contributed by atoms with E-state index in [4.69, 9.17) is 18.3 Å². The van der Waals surface area contributed by atoms with Crippen molar-refractivity contribution in [2.24, 2.45) is 5.41 Å². The zero-order valence-electron chi connectivity index (χ0n) is 16.3. The summed E-state index contributed by atoms with van der Waals surface area (Å²) < 4.78 is 21.0. The highest BCUT2D eigenvalue weighted by Crippen LogP contribution is 2.63. The zero-order valence-corrected chi connectivity index (χ0v) is 17.2. The Bertz CT molecular complexity index is 756. The number of nitro benzene ring substituents is 1. The number of benzene rings is 1. The predicted molar refractivity (Wildman–Crippen MR) is 102 cm³/mol. The smallest absolute Gasteiger partial charge is 0.466 e. The first-order valence-corrected chi connectivity index (χ1v) is 10.4. The molecule has 0 saturated carbocycles. The van der Waals surface area contributed by atoms with Crippen LogP contribution in [0.5, 0.6) is 5.75 Å². The number of hydrogen-bond donors (Lipinski definition) is 2.